The summed E-state index contributed by atoms with van der Waals surface area (Å²) in [7, 11) is -12.9. The van der Waals surface area contributed by atoms with Gasteiger partial charge < -0.3 is 31.1 Å². The maximum Gasteiger partial charge on any atom is 0.326 e. The zero-order valence-corrected chi connectivity index (χ0v) is 52.0. The van der Waals surface area contributed by atoms with E-state index >= 15 is 0 Å². The quantitative estimate of drug-likeness (QED) is 0.0151. The molecule has 89 heavy (non-hydrogen) atoms. The predicted molar refractivity (Wildman–Crippen MR) is 339 cm³/mol. The van der Waals surface area contributed by atoms with Crippen LogP contribution in [0, 0.1) is 6.92 Å². The van der Waals surface area contributed by atoms with Crippen molar-refractivity contribution in [3.8, 4) is 5.75 Å². The van der Waals surface area contributed by atoms with Crippen LogP contribution in [-0.4, -0.2) is 117 Å². The van der Waals surface area contributed by atoms with Crippen LogP contribution in [0.5, 0.6) is 5.75 Å². The summed E-state index contributed by atoms with van der Waals surface area (Å²) in [6.45, 7) is 10.7. The molecule has 0 bridgehead atoms. The first-order valence-electron chi connectivity index (χ1n) is 30.6. The molecule has 6 aromatic rings. The number of aryl methyl sites for hydroxylation is 1. The van der Waals surface area contributed by atoms with Gasteiger partial charge in [-0.15, -0.1) is 0 Å². The minimum atomic E-state index is -4.43. The molecule has 1 atom stereocenters. The molecule has 9 N–H and O–H groups in total. The molecular formula is C63H72N9O14S3+. The van der Waals surface area contributed by atoms with Gasteiger partial charge in [-0.25, -0.2) is 14.8 Å². The van der Waals surface area contributed by atoms with Crippen molar-refractivity contribution in [2.45, 2.75) is 115 Å². The van der Waals surface area contributed by atoms with E-state index in [0.717, 1.165) is 22.5 Å². The normalized spacial score (nSPS) is 17.6. The first-order chi connectivity index (χ1) is 43.6. The van der Waals surface area contributed by atoms with E-state index in [0.29, 0.717) is 83.7 Å². The molecule has 1 aliphatic carbocycles. The lowest BCUT2D eigenvalue weighted by molar-refractivity contribution is -0.438. The smallest absolute Gasteiger partial charge is 0.326 e. The fraction of sp³-hybridized carbons (Fsp3) is 0.349. The lowest BCUT2D eigenvalue weighted by atomic mass is 9.80. The average Bonchev–Trinajstić information content (AvgIpc) is 1.62. The first kappa shape index (κ1) is 59.6. The number of allylic oxidation sites excluding steroid dienone is 7. The second kappa shape index (κ2) is 26.4. The molecule has 2 aliphatic heterocycles. The number of amides is 1. The summed E-state index contributed by atoms with van der Waals surface area (Å²) in [6, 6.07) is 12.7. The molecule has 4 aromatic carbocycles. The van der Waals surface area contributed by atoms with Crippen LogP contribution in [-0.2, 0) is 64.7 Å². The van der Waals surface area contributed by atoms with E-state index in [9.17, 15) is 63.9 Å². The molecule has 23 nitrogen and oxygen atoms in total. The number of nitrogens with two attached hydrogens (primary N) is 1. The summed E-state index contributed by atoms with van der Waals surface area (Å²) >= 11 is 0. The number of hydrogen-bond acceptors (Lipinski definition) is 16. The third kappa shape index (κ3) is 16.1. The van der Waals surface area contributed by atoms with Crippen LogP contribution in [0.15, 0.2) is 143 Å². The Balaban J connectivity index is 1.07. The number of H-pyrrole nitrogens is 1. The Morgan fingerprint density at radius 1 is 0.843 bits per heavy atom. The number of aliphatic carboxylic acids is 1. The Morgan fingerprint density at radius 2 is 1.55 bits per heavy atom. The molecule has 0 saturated heterocycles. The molecule has 0 unspecified atom stereocenters. The molecule has 0 spiro atoms. The summed E-state index contributed by atoms with van der Waals surface area (Å²) in [5.41, 5.74) is 11.5. The third-order valence-electron chi connectivity index (χ3n) is 15.8. The van der Waals surface area contributed by atoms with Crippen LogP contribution < -0.4 is 31.6 Å². The monoisotopic (exact) mass is 1280 g/mol. The summed E-state index contributed by atoms with van der Waals surface area (Å²) in [5, 5.41) is 16.0. The number of carboxylic acid groups (broad SMARTS) is 1. The lowest BCUT2D eigenvalue weighted by Crippen LogP contribution is -2.42. The van der Waals surface area contributed by atoms with E-state index in [1.165, 1.54) is 18.3 Å². The second-order valence-electron chi connectivity index (χ2n) is 23.2. The highest BCUT2D eigenvalue weighted by atomic mass is 32.2. The van der Waals surface area contributed by atoms with Gasteiger partial charge in [0.25, 0.3) is 41.8 Å². The first-order valence-corrected chi connectivity index (χ1v) is 33.4. The third-order valence-corrected chi connectivity index (χ3v) is 18.1. The van der Waals surface area contributed by atoms with E-state index in [1.54, 1.807) is 36.4 Å². The van der Waals surface area contributed by atoms with Crippen molar-refractivity contribution in [2.24, 2.45) is 0 Å². The van der Waals surface area contributed by atoms with Gasteiger partial charge >= 0.3 is 5.97 Å². The number of hydrogen-bond donors (Lipinski definition) is 8. The maximum atomic E-state index is 13.7. The van der Waals surface area contributed by atoms with Gasteiger partial charge in [-0.1, -0.05) is 55.8 Å². The van der Waals surface area contributed by atoms with Crippen molar-refractivity contribution in [1.82, 2.24) is 25.3 Å². The van der Waals surface area contributed by atoms with Crippen LogP contribution in [0.3, 0.4) is 0 Å². The molecule has 470 valence electrons. The molecule has 4 heterocycles. The molecule has 26 heteroatoms. The van der Waals surface area contributed by atoms with Gasteiger partial charge in [0.1, 0.15) is 29.8 Å². The number of fused-ring (bicyclic) bond motifs is 3. The standard InChI is InChI=1S/C63H71N9O14S3/c1-39-13-25-51-48(33-39)62(2,3)53(71(51)29-6-8-31-87(77,78)79)27-19-42-11-10-12-43(20-28-54-63(4,5)49-34-41(38-89(83,84)85)16-26-52(49)72(54)30-7-9-32-88(80,81)82)56(42)86-47-23-14-40(15-24-47)35-50(60(75)76)68-58(73)44-17-21-45(22-18-44)65-36-46-37-66-57-55(67-46)59(74)70-61(64)69-57/h13-28,33-34,37,50H,6-12,29-32,35-36,38H2,1-5H3,(H8-,64,65,66,68,69,70,73,74,75,76,77,78,79,80,81,82,83,84,85)/p+1/t50-/m0/s1/i14D,15D,23D,24D. The van der Waals surface area contributed by atoms with Crippen LogP contribution in [0.2, 0.25) is 0 Å². The Kier molecular flexibility index (Phi) is 17.6. The van der Waals surface area contributed by atoms with Crippen LogP contribution >= 0.6 is 0 Å². The summed E-state index contributed by atoms with van der Waals surface area (Å²) in [5.74, 6) is -4.32. The molecule has 9 rings (SSSR count). The lowest BCUT2D eigenvalue weighted by Gasteiger charge is -2.27. The SMILES string of the molecule is [2H]c1c([2H])c(OC2=C(/C=C/C3=[N+](CCCCS(=O)(=O)O)c4ccc(CS(=O)(=O)O)cc4C3(C)C)CCC/C2=C\C=C2\N(CCCCS(=O)(=O)O)c3ccc(C)cc3C2(C)C)c([2H])c([2H])c1C[C@H](NC(=O)c1ccc(NCc2cnc3nc(N)[nH]c(=O)c3n2)cc1)C(=O)O. The number of ether oxygens (including phenoxy) is 1. The number of anilines is 3. The molecule has 3 aliphatic rings. The van der Waals surface area contributed by atoms with Gasteiger partial charge in [-0.2, -0.15) is 34.8 Å². The molecule has 0 radical (unpaired) electrons. The summed E-state index contributed by atoms with van der Waals surface area (Å²) in [6.07, 6.45) is 10.5. The largest absolute Gasteiger partial charge is 0.480 e. The molecular weight excluding hydrogens is 1200 g/mol. The summed E-state index contributed by atoms with van der Waals surface area (Å²) < 4.78 is 146. The van der Waals surface area contributed by atoms with Gasteiger partial charge in [0.15, 0.2) is 16.9 Å². The fourth-order valence-electron chi connectivity index (χ4n) is 11.3. The van der Waals surface area contributed by atoms with E-state index in [-0.39, 0.29) is 59.9 Å². The number of benzene rings is 4. The fourth-order valence-corrected chi connectivity index (χ4v) is 13.1. The highest BCUT2D eigenvalue weighted by Gasteiger charge is 2.45. The number of aromatic amines is 1. The molecule has 0 fully saturated rings. The van der Waals surface area contributed by atoms with E-state index < -0.39 is 118 Å². The number of nitrogens with one attached hydrogen (secondary N) is 3. The minimum Gasteiger partial charge on any atom is -0.480 e. The topological polar surface area (TPSA) is 355 Å². The predicted octanol–water partition coefficient (Wildman–Crippen LogP) is 8.42. The number of nitrogen functional groups attached to an aromatic ring is 1. The highest BCUT2D eigenvalue weighted by Crippen LogP contribution is 2.49. The van der Waals surface area contributed by atoms with Crippen molar-refractivity contribution in [3.63, 3.8) is 0 Å². The van der Waals surface area contributed by atoms with Crippen molar-refractivity contribution < 1.29 is 68.4 Å². The molecule has 2 aromatic heterocycles. The van der Waals surface area contributed by atoms with Crippen LogP contribution in [0.25, 0.3) is 11.2 Å². The number of carbonyl (C=O) groups excluding carboxylic acids is 1. The molecule has 0 saturated carbocycles. The minimum absolute atomic E-state index is 0.0132. The van der Waals surface area contributed by atoms with Crippen molar-refractivity contribution >= 4 is 82.1 Å². The number of carbonyl (C=O) groups is 2. The Hall–Kier alpha value is -8.40. The Morgan fingerprint density at radius 3 is 2.24 bits per heavy atom. The zero-order valence-electron chi connectivity index (χ0n) is 53.5. The number of aromatic nitrogens is 4. The highest BCUT2D eigenvalue weighted by molar-refractivity contribution is 7.86. The van der Waals surface area contributed by atoms with Crippen LogP contribution in [0.1, 0.15) is 122 Å². The van der Waals surface area contributed by atoms with Gasteiger partial charge in [0.2, 0.25) is 11.6 Å². The number of unbranched alkanes of at least 4 members (excludes halogenated alkanes) is 2. The number of carboxylic acids is 1. The second-order valence-corrected chi connectivity index (χ2v) is 27.8. The Bertz CT molecular complexity index is 4560. The van der Waals surface area contributed by atoms with Crippen LogP contribution in [0.4, 0.5) is 23.0 Å². The van der Waals surface area contributed by atoms with E-state index in [1.807, 2.05) is 55.7 Å². The van der Waals surface area contributed by atoms with E-state index in [4.69, 9.17) is 10.5 Å². The van der Waals surface area contributed by atoms with Crippen molar-refractivity contribution in [1.29, 1.82) is 0 Å². The van der Waals surface area contributed by atoms with Gasteiger partial charge in [-0.3, -0.25) is 28.2 Å². The van der Waals surface area contributed by atoms with Crippen molar-refractivity contribution in [2.75, 3.05) is 40.5 Å². The van der Waals surface area contributed by atoms with E-state index in [2.05, 4.69) is 55.4 Å². The van der Waals surface area contributed by atoms with Gasteiger partial charge in [0.05, 0.1) is 40.8 Å². The average molecular weight is 1280 g/mol. The number of nitrogens with zero attached hydrogens (tertiary/aromatic N) is 5. The summed E-state index contributed by atoms with van der Waals surface area (Å²) in [4.78, 5) is 55.8. The van der Waals surface area contributed by atoms with Crippen molar-refractivity contribution in [3.05, 3.63) is 187 Å². The molecule has 1 amide bonds. The van der Waals surface area contributed by atoms with Gasteiger partial charge in [-0.05, 0) is 148 Å². The Labute approximate surface area is 522 Å². The maximum absolute atomic E-state index is 13.7. The zero-order chi connectivity index (χ0) is 67.7. The van der Waals surface area contributed by atoms with Gasteiger partial charge in [0, 0.05) is 65.1 Å². The number of rotatable bonds is 25.